The Morgan fingerprint density at radius 2 is 2.40 bits per heavy atom. The predicted molar refractivity (Wildman–Crippen MR) is 57.1 cm³/mol. The van der Waals surface area contributed by atoms with E-state index in [0.717, 1.165) is 5.56 Å². The van der Waals surface area contributed by atoms with E-state index in [9.17, 15) is 4.39 Å². The summed E-state index contributed by atoms with van der Waals surface area (Å²) >= 11 is 3.18. The summed E-state index contributed by atoms with van der Waals surface area (Å²) in [5, 5.41) is 3.02. The van der Waals surface area contributed by atoms with Crippen molar-refractivity contribution in [1.82, 2.24) is 5.32 Å². The molecule has 15 heavy (non-hydrogen) atoms. The minimum Gasteiger partial charge on any atom is -0.467 e. The zero-order valence-corrected chi connectivity index (χ0v) is 9.86. The van der Waals surface area contributed by atoms with Crippen molar-refractivity contribution < 1.29 is 13.9 Å². The minimum absolute atomic E-state index is 0.185. The second kappa shape index (κ2) is 4.47. The van der Waals surface area contributed by atoms with Crippen LogP contribution >= 0.6 is 15.9 Å². The summed E-state index contributed by atoms with van der Waals surface area (Å²) in [6.45, 7) is 1.09. The molecule has 5 heteroatoms. The molecule has 3 nitrogen and oxygen atoms in total. The molecule has 0 radical (unpaired) electrons. The molecule has 0 bridgehead atoms. The van der Waals surface area contributed by atoms with Crippen molar-refractivity contribution in [2.24, 2.45) is 0 Å². The number of benzene rings is 1. The van der Waals surface area contributed by atoms with Crippen LogP contribution in [0.2, 0.25) is 0 Å². The van der Waals surface area contributed by atoms with Crippen molar-refractivity contribution in [1.29, 1.82) is 0 Å². The Hall–Kier alpha value is -0.650. The van der Waals surface area contributed by atoms with E-state index in [1.165, 1.54) is 0 Å². The van der Waals surface area contributed by atoms with E-state index in [4.69, 9.17) is 9.47 Å². The van der Waals surface area contributed by atoms with Crippen LogP contribution in [-0.2, 0) is 17.9 Å². The van der Waals surface area contributed by atoms with Gasteiger partial charge in [0.25, 0.3) is 0 Å². The summed E-state index contributed by atoms with van der Waals surface area (Å²) in [4.78, 5) is 0. The van der Waals surface area contributed by atoms with Crippen LogP contribution in [0, 0.1) is 5.82 Å². The summed E-state index contributed by atoms with van der Waals surface area (Å²) in [5.41, 5.74) is 1.42. The van der Waals surface area contributed by atoms with Gasteiger partial charge in [0.2, 0.25) is 0 Å². The third kappa shape index (κ3) is 2.00. The number of hydrogen-bond acceptors (Lipinski definition) is 3. The highest BCUT2D eigenvalue weighted by Crippen LogP contribution is 2.34. The first-order chi connectivity index (χ1) is 7.24. The van der Waals surface area contributed by atoms with E-state index in [1.54, 1.807) is 6.07 Å². The van der Waals surface area contributed by atoms with Crippen LogP contribution in [0.25, 0.3) is 0 Å². The first-order valence-corrected chi connectivity index (χ1v) is 5.38. The fraction of sp³-hybridized carbons (Fsp3) is 0.400. The number of fused-ring (bicyclic) bond motifs is 1. The van der Waals surface area contributed by atoms with E-state index in [-0.39, 0.29) is 19.2 Å². The summed E-state index contributed by atoms with van der Waals surface area (Å²) in [6, 6.07) is 1.73. The monoisotopic (exact) mass is 275 g/mol. The lowest BCUT2D eigenvalue weighted by Crippen LogP contribution is -2.17. The highest BCUT2D eigenvalue weighted by atomic mass is 79.9. The van der Waals surface area contributed by atoms with Gasteiger partial charge in [0.1, 0.15) is 11.6 Å². The largest absolute Gasteiger partial charge is 0.467 e. The van der Waals surface area contributed by atoms with Crippen LogP contribution in [-0.4, -0.2) is 13.8 Å². The lowest BCUT2D eigenvalue weighted by molar-refractivity contribution is -0.0190. The predicted octanol–water partition coefficient (Wildman–Crippen LogP) is 2.17. The number of ether oxygens (including phenoxy) is 2. The molecule has 0 fully saturated rings. The standard InChI is InChI=1S/C10H11BrFNO2/c1-13-3-6-2-8(11)9(12)7-4-14-5-15-10(6)7/h2,13H,3-5H2,1H3. The van der Waals surface area contributed by atoms with Gasteiger partial charge in [-0.1, -0.05) is 0 Å². The van der Waals surface area contributed by atoms with Crippen molar-refractivity contribution in [3.63, 3.8) is 0 Å². The maximum Gasteiger partial charge on any atom is 0.189 e. The summed E-state index contributed by atoms with van der Waals surface area (Å²) < 4.78 is 24.5. The molecule has 1 aliphatic rings. The highest BCUT2D eigenvalue weighted by Gasteiger charge is 2.21. The third-order valence-electron chi connectivity index (χ3n) is 2.24. The van der Waals surface area contributed by atoms with E-state index < -0.39 is 0 Å². The molecule has 0 amide bonds. The average Bonchev–Trinajstić information content (AvgIpc) is 2.26. The Bertz CT molecular complexity index is 384. The molecule has 0 unspecified atom stereocenters. The molecule has 0 aromatic heterocycles. The molecule has 0 aliphatic carbocycles. The summed E-state index contributed by atoms with van der Waals surface area (Å²) in [7, 11) is 1.84. The first-order valence-electron chi connectivity index (χ1n) is 4.59. The minimum atomic E-state index is -0.301. The van der Waals surface area contributed by atoms with Gasteiger partial charge < -0.3 is 14.8 Å². The molecule has 0 saturated heterocycles. The molecule has 0 saturated carbocycles. The van der Waals surface area contributed by atoms with Crippen molar-refractivity contribution in [3.8, 4) is 5.75 Å². The van der Waals surface area contributed by atoms with E-state index in [0.29, 0.717) is 22.3 Å². The number of halogens is 2. The number of hydrogen-bond donors (Lipinski definition) is 1. The Morgan fingerprint density at radius 1 is 1.60 bits per heavy atom. The van der Waals surface area contributed by atoms with Gasteiger partial charge in [-0.05, 0) is 29.0 Å². The van der Waals surface area contributed by atoms with Gasteiger partial charge in [-0.2, -0.15) is 0 Å². The highest BCUT2D eigenvalue weighted by molar-refractivity contribution is 9.10. The fourth-order valence-corrected chi connectivity index (χ4v) is 2.11. The normalized spacial score (nSPS) is 14.6. The fourth-order valence-electron chi connectivity index (χ4n) is 1.59. The van der Waals surface area contributed by atoms with Gasteiger partial charge in [-0.3, -0.25) is 0 Å². The number of nitrogens with one attached hydrogen (secondary N) is 1. The molecule has 2 rings (SSSR count). The van der Waals surface area contributed by atoms with Crippen LogP contribution in [0.15, 0.2) is 10.5 Å². The van der Waals surface area contributed by atoms with Gasteiger partial charge >= 0.3 is 0 Å². The topological polar surface area (TPSA) is 30.5 Å². The maximum atomic E-state index is 13.7. The molecule has 1 aromatic rings. The molecule has 0 atom stereocenters. The Balaban J connectivity index is 2.51. The van der Waals surface area contributed by atoms with E-state index >= 15 is 0 Å². The van der Waals surface area contributed by atoms with E-state index in [1.807, 2.05) is 7.05 Å². The molecule has 0 spiro atoms. The SMILES string of the molecule is CNCc1cc(Br)c(F)c2c1OCOC2. The second-order valence-corrected chi connectivity index (χ2v) is 4.13. The molecule has 1 aromatic carbocycles. The van der Waals surface area contributed by atoms with Crippen LogP contribution < -0.4 is 10.1 Å². The second-order valence-electron chi connectivity index (χ2n) is 3.28. The van der Waals surface area contributed by atoms with Crippen molar-refractivity contribution in [2.75, 3.05) is 13.8 Å². The lowest BCUT2D eigenvalue weighted by atomic mass is 10.1. The average molecular weight is 276 g/mol. The molecule has 1 aliphatic heterocycles. The van der Waals surface area contributed by atoms with Crippen molar-refractivity contribution >= 4 is 15.9 Å². The maximum absolute atomic E-state index is 13.7. The van der Waals surface area contributed by atoms with Crippen LogP contribution in [0.1, 0.15) is 11.1 Å². The smallest absolute Gasteiger partial charge is 0.189 e. The van der Waals surface area contributed by atoms with Crippen molar-refractivity contribution in [3.05, 3.63) is 27.5 Å². The van der Waals surface area contributed by atoms with Gasteiger partial charge in [0, 0.05) is 12.1 Å². The van der Waals surface area contributed by atoms with Gasteiger partial charge in [0.05, 0.1) is 16.6 Å². The summed E-state index contributed by atoms with van der Waals surface area (Å²) in [6.07, 6.45) is 0. The molecule has 1 heterocycles. The van der Waals surface area contributed by atoms with Crippen LogP contribution in [0.5, 0.6) is 5.75 Å². The van der Waals surface area contributed by atoms with Gasteiger partial charge in [0.15, 0.2) is 6.79 Å². The van der Waals surface area contributed by atoms with Gasteiger partial charge in [-0.15, -0.1) is 0 Å². The molecule has 82 valence electrons. The third-order valence-corrected chi connectivity index (χ3v) is 2.82. The lowest BCUT2D eigenvalue weighted by Gasteiger charge is -2.21. The Kier molecular flexibility index (Phi) is 3.23. The van der Waals surface area contributed by atoms with Crippen LogP contribution in [0.4, 0.5) is 4.39 Å². The zero-order chi connectivity index (χ0) is 10.8. The zero-order valence-electron chi connectivity index (χ0n) is 8.27. The molecule has 1 N–H and O–H groups in total. The summed E-state index contributed by atoms with van der Waals surface area (Å²) in [5.74, 6) is 0.306. The molecular formula is C10H11BrFNO2. The van der Waals surface area contributed by atoms with E-state index in [2.05, 4.69) is 21.2 Å². The Labute approximate surface area is 95.7 Å². The van der Waals surface area contributed by atoms with Crippen LogP contribution in [0.3, 0.4) is 0 Å². The Morgan fingerprint density at radius 3 is 3.13 bits per heavy atom. The quantitative estimate of drug-likeness (QED) is 0.898. The number of rotatable bonds is 2. The first kappa shape index (κ1) is 10.9. The van der Waals surface area contributed by atoms with Crippen molar-refractivity contribution in [2.45, 2.75) is 13.2 Å². The van der Waals surface area contributed by atoms with Gasteiger partial charge in [-0.25, -0.2) is 4.39 Å². The molecular weight excluding hydrogens is 265 g/mol.